The lowest BCUT2D eigenvalue weighted by Crippen LogP contribution is -1.72. The fourth-order valence-corrected chi connectivity index (χ4v) is 0.931. The third-order valence-electron chi connectivity index (χ3n) is 1.62. The lowest BCUT2D eigenvalue weighted by molar-refractivity contribution is 1.23. The van der Waals surface area contributed by atoms with Crippen LogP contribution in [0.3, 0.4) is 0 Å². The van der Waals surface area contributed by atoms with Crippen molar-refractivity contribution in [1.29, 1.82) is 0 Å². The monoisotopic (exact) mass is 176 g/mol. The van der Waals surface area contributed by atoms with E-state index in [0.717, 1.165) is 6.42 Å². The molecule has 0 atom stereocenters. The number of hydrogen-bond acceptors (Lipinski definition) is 0. The zero-order valence-corrected chi connectivity index (χ0v) is 9.17. The van der Waals surface area contributed by atoms with Crippen LogP contribution < -0.4 is 0 Å². The van der Waals surface area contributed by atoms with Crippen LogP contribution in [0.25, 0.3) is 6.08 Å². The lowest BCUT2D eigenvalue weighted by atomic mass is 10.1. The maximum absolute atomic E-state index is 2.17. The molecular weight excluding hydrogens is 156 g/mol. The standard InChI is InChI=1S/C11H14.C2H6/c1-3-4-5-11-8-6-10(2)7-9-11;1-2/h4-9H,3H2,1-2H3;1-2H3/b5-4+;. The average Bonchev–Trinajstić information content (AvgIpc) is 2.20. The molecule has 0 spiro atoms. The average molecular weight is 176 g/mol. The Morgan fingerprint density at radius 2 is 1.62 bits per heavy atom. The van der Waals surface area contributed by atoms with Gasteiger partial charge in [0.05, 0.1) is 0 Å². The summed E-state index contributed by atoms with van der Waals surface area (Å²) in [6.07, 6.45) is 5.43. The summed E-state index contributed by atoms with van der Waals surface area (Å²) in [5.41, 5.74) is 2.61. The van der Waals surface area contributed by atoms with Gasteiger partial charge in [-0.25, -0.2) is 0 Å². The Hall–Kier alpha value is -1.04. The summed E-state index contributed by atoms with van der Waals surface area (Å²) in [4.78, 5) is 0. The van der Waals surface area contributed by atoms with E-state index in [9.17, 15) is 0 Å². The summed E-state index contributed by atoms with van der Waals surface area (Å²) in [6.45, 7) is 8.25. The summed E-state index contributed by atoms with van der Waals surface area (Å²) < 4.78 is 0. The van der Waals surface area contributed by atoms with Crippen molar-refractivity contribution in [3.63, 3.8) is 0 Å². The van der Waals surface area contributed by atoms with Gasteiger partial charge in [-0.1, -0.05) is 62.8 Å². The second-order valence-corrected chi connectivity index (χ2v) is 2.72. The van der Waals surface area contributed by atoms with Gasteiger partial charge in [0.25, 0.3) is 0 Å². The minimum atomic E-state index is 1.11. The SMILES string of the molecule is CC.CC/C=C/c1ccc(C)cc1. The molecule has 0 heteroatoms. The molecule has 1 aromatic rings. The molecule has 0 saturated heterocycles. The zero-order chi connectivity index (χ0) is 10.1. The van der Waals surface area contributed by atoms with Gasteiger partial charge in [-0.3, -0.25) is 0 Å². The second kappa shape index (κ2) is 7.60. The molecule has 13 heavy (non-hydrogen) atoms. The van der Waals surface area contributed by atoms with E-state index in [1.165, 1.54) is 11.1 Å². The van der Waals surface area contributed by atoms with E-state index < -0.39 is 0 Å². The molecule has 1 aromatic carbocycles. The molecule has 0 aliphatic rings. The number of benzene rings is 1. The van der Waals surface area contributed by atoms with Crippen molar-refractivity contribution in [3.8, 4) is 0 Å². The molecule has 0 N–H and O–H groups in total. The Balaban J connectivity index is 0.000000671. The van der Waals surface area contributed by atoms with Gasteiger partial charge in [0.1, 0.15) is 0 Å². The van der Waals surface area contributed by atoms with Crippen molar-refractivity contribution >= 4 is 6.08 Å². The van der Waals surface area contributed by atoms with Gasteiger partial charge in [-0.2, -0.15) is 0 Å². The van der Waals surface area contributed by atoms with E-state index >= 15 is 0 Å². The van der Waals surface area contributed by atoms with Crippen LogP contribution in [0.5, 0.6) is 0 Å². The van der Waals surface area contributed by atoms with E-state index in [-0.39, 0.29) is 0 Å². The van der Waals surface area contributed by atoms with Gasteiger partial charge < -0.3 is 0 Å². The fourth-order valence-electron chi connectivity index (χ4n) is 0.931. The van der Waals surface area contributed by atoms with Crippen LogP contribution in [0.4, 0.5) is 0 Å². The predicted molar refractivity (Wildman–Crippen MR) is 61.9 cm³/mol. The molecule has 0 saturated carbocycles. The molecule has 0 amide bonds. The van der Waals surface area contributed by atoms with Gasteiger partial charge in [0, 0.05) is 0 Å². The van der Waals surface area contributed by atoms with Crippen molar-refractivity contribution in [2.45, 2.75) is 34.1 Å². The van der Waals surface area contributed by atoms with Crippen molar-refractivity contribution in [3.05, 3.63) is 41.5 Å². The van der Waals surface area contributed by atoms with Crippen LogP contribution in [0, 0.1) is 6.92 Å². The molecule has 0 fully saturated rings. The Kier molecular flexibility index (Phi) is 6.99. The smallest absolute Gasteiger partial charge is 0.0260 e. The Morgan fingerprint density at radius 3 is 2.08 bits per heavy atom. The topological polar surface area (TPSA) is 0 Å². The molecule has 72 valence electrons. The molecule has 0 aliphatic heterocycles. The minimum Gasteiger partial charge on any atom is -0.0842 e. The molecule has 0 radical (unpaired) electrons. The van der Waals surface area contributed by atoms with Crippen LogP contribution >= 0.6 is 0 Å². The Labute approximate surface area is 82.3 Å². The molecular formula is C13H20. The van der Waals surface area contributed by atoms with Crippen LogP contribution in [0.1, 0.15) is 38.3 Å². The summed E-state index contributed by atoms with van der Waals surface area (Å²) in [6, 6.07) is 8.55. The first-order chi connectivity index (χ1) is 6.33. The second-order valence-electron chi connectivity index (χ2n) is 2.72. The van der Waals surface area contributed by atoms with Crippen molar-refractivity contribution < 1.29 is 0 Å². The van der Waals surface area contributed by atoms with Gasteiger partial charge in [0.15, 0.2) is 0 Å². The van der Waals surface area contributed by atoms with E-state index in [0.29, 0.717) is 0 Å². The Morgan fingerprint density at radius 1 is 1.08 bits per heavy atom. The molecule has 0 aliphatic carbocycles. The van der Waals surface area contributed by atoms with Crippen molar-refractivity contribution in [2.75, 3.05) is 0 Å². The van der Waals surface area contributed by atoms with Crippen molar-refractivity contribution in [2.24, 2.45) is 0 Å². The number of allylic oxidation sites excluding steroid dienone is 1. The molecule has 0 heterocycles. The zero-order valence-electron chi connectivity index (χ0n) is 9.17. The summed E-state index contributed by atoms with van der Waals surface area (Å²) in [5.74, 6) is 0. The molecule has 1 rings (SSSR count). The van der Waals surface area contributed by atoms with E-state index in [4.69, 9.17) is 0 Å². The largest absolute Gasteiger partial charge is 0.0842 e. The minimum absolute atomic E-state index is 1.11. The van der Waals surface area contributed by atoms with Crippen LogP contribution in [-0.2, 0) is 0 Å². The first-order valence-corrected chi connectivity index (χ1v) is 5.06. The van der Waals surface area contributed by atoms with Crippen LogP contribution in [0.15, 0.2) is 30.3 Å². The Bertz CT molecular complexity index is 229. The van der Waals surface area contributed by atoms with E-state index in [1.807, 2.05) is 13.8 Å². The van der Waals surface area contributed by atoms with Crippen molar-refractivity contribution in [1.82, 2.24) is 0 Å². The van der Waals surface area contributed by atoms with Gasteiger partial charge >= 0.3 is 0 Å². The lowest BCUT2D eigenvalue weighted by Gasteiger charge is -1.93. The third-order valence-corrected chi connectivity index (χ3v) is 1.62. The van der Waals surface area contributed by atoms with Gasteiger partial charge in [-0.05, 0) is 18.9 Å². The normalized spacial score (nSPS) is 9.54. The predicted octanol–water partition coefficient (Wildman–Crippen LogP) is 4.44. The molecule has 0 nitrogen and oxygen atoms in total. The highest BCUT2D eigenvalue weighted by Crippen LogP contribution is 2.04. The summed E-state index contributed by atoms with van der Waals surface area (Å²) >= 11 is 0. The quantitative estimate of drug-likeness (QED) is 0.624. The molecule has 0 bridgehead atoms. The van der Waals surface area contributed by atoms with Crippen LogP contribution in [-0.4, -0.2) is 0 Å². The van der Waals surface area contributed by atoms with Crippen LogP contribution in [0.2, 0.25) is 0 Å². The maximum atomic E-state index is 2.17. The summed E-state index contributed by atoms with van der Waals surface area (Å²) in [5, 5.41) is 0. The number of hydrogen-bond donors (Lipinski definition) is 0. The highest BCUT2D eigenvalue weighted by atomic mass is 13.9. The first kappa shape index (κ1) is 12.0. The molecule has 0 unspecified atom stereocenters. The fraction of sp³-hybridized carbons (Fsp3) is 0.385. The van der Waals surface area contributed by atoms with Gasteiger partial charge in [-0.15, -0.1) is 0 Å². The third kappa shape index (κ3) is 5.24. The van der Waals surface area contributed by atoms with E-state index in [2.05, 4.69) is 50.3 Å². The van der Waals surface area contributed by atoms with E-state index in [1.54, 1.807) is 0 Å². The van der Waals surface area contributed by atoms with Gasteiger partial charge in [0.2, 0.25) is 0 Å². The highest BCUT2D eigenvalue weighted by Gasteiger charge is 1.84. The molecule has 0 aromatic heterocycles. The maximum Gasteiger partial charge on any atom is -0.0260 e. The number of rotatable bonds is 2. The first-order valence-electron chi connectivity index (χ1n) is 5.06. The number of aryl methyl sites for hydroxylation is 1. The highest BCUT2D eigenvalue weighted by molar-refractivity contribution is 5.49. The summed E-state index contributed by atoms with van der Waals surface area (Å²) in [7, 11) is 0.